The Morgan fingerprint density at radius 1 is 1.08 bits per heavy atom. The maximum absolute atomic E-state index is 13.2. The molecule has 0 unspecified atom stereocenters. The molecule has 1 N–H and O–H groups in total. The quantitative estimate of drug-likeness (QED) is 0.353. The molecule has 10 heteroatoms. The van der Waals surface area contributed by atoms with Crippen LogP contribution >= 0.6 is 23.4 Å². The second-order valence-electron chi connectivity index (χ2n) is 8.39. The van der Waals surface area contributed by atoms with Crippen LogP contribution in [0, 0.1) is 5.82 Å². The van der Waals surface area contributed by atoms with Gasteiger partial charge in [-0.1, -0.05) is 35.5 Å². The summed E-state index contributed by atoms with van der Waals surface area (Å²) in [7, 11) is 0. The van der Waals surface area contributed by atoms with E-state index in [1.165, 1.54) is 36.0 Å². The second-order valence-corrected chi connectivity index (χ2v) is 10.00. The lowest BCUT2D eigenvalue weighted by atomic mass is 10.1. The fourth-order valence-electron chi connectivity index (χ4n) is 3.71. The minimum atomic E-state index is -0.725. The molecule has 1 heterocycles. The molecule has 3 aromatic rings. The Balaban J connectivity index is 1.55. The monoisotopic (exact) mass is 553 g/mol. The van der Waals surface area contributed by atoms with Crippen LogP contribution in [-0.4, -0.2) is 46.3 Å². The van der Waals surface area contributed by atoms with Gasteiger partial charge < -0.3 is 10.1 Å². The molecule has 1 saturated heterocycles. The summed E-state index contributed by atoms with van der Waals surface area (Å²) in [4.78, 5) is 44.4. The van der Waals surface area contributed by atoms with E-state index >= 15 is 0 Å². The molecule has 2 amide bonds. The summed E-state index contributed by atoms with van der Waals surface area (Å²) in [5.41, 5.74) is 2.34. The van der Waals surface area contributed by atoms with Gasteiger partial charge in [0.05, 0.1) is 17.9 Å². The molecule has 4 rings (SSSR count). The molecular formula is C28H25ClFN3O4S. The van der Waals surface area contributed by atoms with E-state index in [2.05, 4.69) is 10.3 Å². The van der Waals surface area contributed by atoms with Crippen LogP contribution in [-0.2, 0) is 20.7 Å². The molecule has 0 saturated carbocycles. The van der Waals surface area contributed by atoms with Crippen LogP contribution in [0.5, 0.6) is 0 Å². The van der Waals surface area contributed by atoms with E-state index in [0.717, 1.165) is 5.56 Å². The number of carbonyl (C=O) groups is 3. The molecule has 196 valence electrons. The number of hydrogen-bond donors (Lipinski definition) is 1. The number of aliphatic imine (C=N–C) groups is 1. The highest BCUT2D eigenvalue weighted by Crippen LogP contribution is 2.30. The molecule has 0 aromatic heterocycles. The molecule has 1 fully saturated rings. The molecule has 7 nitrogen and oxygen atoms in total. The number of thioether (sulfide) groups is 1. The first-order valence-corrected chi connectivity index (χ1v) is 13.2. The third kappa shape index (κ3) is 7.20. The van der Waals surface area contributed by atoms with Gasteiger partial charge in [-0.05, 0) is 79.6 Å². The van der Waals surface area contributed by atoms with Gasteiger partial charge in [-0.2, -0.15) is 0 Å². The minimum Gasteiger partial charge on any atom is -0.462 e. The van der Waals surface area contributed by atoms with Crippen LogP contribution in [0.4, 0.5) is 15.8 Å². The Morgan fingerprint density at radius 3 is 2.42 bits per heavy atom. The van der Waals surface area contributed by atoms with Crippen LogP contribution in [0.25, 0.3) is 0 Å². The number of amides is 2. The maximum atomic E-state index is 13.2. The highest BCUT2D eigenvalue weighted by molar-refractivity contribution is 8.15. The van der Waals surface area contributed by atoms with Gasteiger partial charge in [0.25, 0.3) is 0 Å². The molecule has 38 heavy (non-hydrogen) atoms. The standard InChI is InChI=1S/C28H25ClFN3O4S/c1-2-37-27(36)19-5-11-23(12-6-19)32-28-33(16-15-18-3-7-20(29)8-4-18)25(34)17-24(38-28)26(35)31-22-13-9-21(30)10-14-22/h3-14,24H,2,15-17H2,1H3,(H,31,35)/t24-/m0/s1. The van der Waals surface area contributed by atoms with E-state index < -0.39 is 17.0 Å². The third-order valence-corrected chi connectivity index (χ3v) is 7.12. The number of benzene rings is 3. The van der Waals surface area contributed by atoms with Gasteiger partial charge in [0.2, 0.25) is 11.8 Å². The average Bonchev–Trinajstić information content (AvgIpc) is 2.91. The molecular weight excluding hydrogens is 529 g/mol. The van der Waals surface area contributed by atoms with Crippen LogP contribution in [0.1, 0.15) is 29.3 Å². The Hall–Kier alpha value is -3.69. The predicted molar refractivity (Wildman–Crippen MR) is 147 cm³/mol. The average molecular weight is 554 g/mol. The first kappa shape index (κ1) is 27.3. The number of hydrogen-bond acceptors (Lipinski definition) is 6. The van der Waals surface area contributed by atoms with Crippen molar-refractivity contribution >= 4 is 57.7 Å². The molecule has 1 aliphatic rings. The normalized spacial score (nSPS) is 16.4. The fraction of sp³-hybridized carbons (Fsp3) is 0.214. The van der Waals surface area contributed by atoms with E-state index in [4.69, 9.17) is 16.3 Å². The SMILES string of the molecule is CCOC(=O)c1ccc(N=C2S[C@H](C(=O)Nc3ccc(F)cc3)CC(=O)N2CCc2ccc(Cl)cc2)cc1. The van der Waals surface area contributed by atoms with Crippen LogP contribution in [0.15, 0.2) is 77.8 Å². The summed E-state index contributed by atoms with van der Waals surface area (Å²) in [6.07, 6.45) is 0.551. The summed E-state index contributed by atoms with van der Waals surface area (Å²) in [6, 6.07) is 19.3. The molecule has 0 bridgehead atoms. The summed E-state index contributed by atoms with van der Waals surface area (Å²) < 4.78 is 18.3. The second kappa shape index (κ2) is 12.7. The van der Waals surface area contributed by atoms with Crippen LogP contribution < -0.4 is 5.32 Å². The van der Waals surface area contributed by atoms with E-state index in [0.29, 0.717) is 40.1 Å². The van der Waals surface area contributed by atoms with Gasteiger partial charge in [0, 0.05) is 23.7 Å². The maximum Gasteiger partial charge on any atom is 0.338 e. The van der Waals surface area contributed by atoms with Gasteiger partial charge in [0.1, 0.15) is 11.1 Å². The molecule has 0 radical (unpaired) electrons. The first-order chi connectivity index (χ1) is 18.3. The van der Waals surface area contributed by atoms with Gasteiger partial charge in [-0.3, -0.25) is 14.5 Å². The number of esters is 1. The lowest BCUT2D eigenvalue weighted by Crippen LogP contribution is -2.46. The van der Waals surface area contributed by atoms with Crippen molar-refractivity contribution < 1.29 is 23.5 Å². The van der Waals surface area contributed by atoms with E-state index in [9.17, 15) is 18.8 Å². The van der Waals surface area contributed by atoms with Gasteiger partial charge >= 0.3 is 5.97 Å². The zero-order valence-corrected chi connectivity index (χ0v) is 22.1. The van der Waals surface area contributed by atoms with E-state index in [-0.39, 0.29) is 24.8 Å². The highest BCUT2D eigenvalue weighted by Gasteiger charge is 2.35. The number of halogens is 2. The molecule has 3 aromatic carbocycles. The van der Waals surface area contributed by atoms with Crippen molar-refractivity contribution in [3.8, 4) is 0 Å². The van der Waals surface area contributed by atoms with Crippen molar-refractivity contribution in [2.45, 2.75) is 25.0 Å². The van der Waals surface area contributed by atoms with Gasteiger partial charge in [0.15, 0.2) is 5.17 Å². The van der Waals surface area contributed by atoms with E-state index in [1.807, 2.05) is 12.1 Å². The van der Waals surface area contributed by atoms with Crippen LogP contribution in [0.3, 0.4) is 0 Å². The van der Waals surface area contributed by atoms with E-state index in [1.54, 1.807) is 48.2 Å². The Kier molecular flexibility index (Phi) is 9.15. The summed E-state index contributed by atoms with van der Waals surface area (Å²) in [6.45, 7) is 2.36. The summed E-state index contributed by atoms with van der Waals surface area (Å²) in [5.74, 6) is -1.46. The largest absolute Gasteiger partial charge is 0.462 e. The summed E-state index contributed by atoms with van der Waals surface area (Å²) >= 11 is 7.17. The number of anilines is 1. The lowest BCUT2D eigenvalue weighted by molar-refractivity contribution is -0.129. The third-order valence-electron chi connectivity index (χ3n) is 5.68. The van der Waals surface area contributed by atoms with Crippen molar-refractivity contribution in [2.75, 3.05) is 18.5 Å². The summed E-state index contributed by atoms with van der Waals surface area (Å²) in [5, 5.41) is 3.01. The predicted octanol–water partition coefficient (Wildman–Crippen LogP) is 5.86. The smallest absolute Gasteiger partial charge is 0.338 e. The van der Waals surface area contributed by atoms with Crippen molar-refractivity contribution in [2.24, 2.45) is 4.99 Å². The molecule has 1 atom stereocenters. The molecule has 0 spiro atoms. The number of nitrogens with one attached hydrogen (secondary N) is 1. The fourth-order valence-corrected chi connectivity index (χ4v) is 4.96. The van der Waals surface area contributed by atoms with Crippen LogP contribution in [0.2, 0.25) is 5.02 Å². The topological polar surface area (TPSA) is 88.1 Å². The lowest BCUT2D eigenvalue weighted by Gasteiger charge is -2.32. The van der Waals surface area contributed by atoms with Crippen molar-refractivity contribution in [1.29, 1.82) is 0 Å². The van der Waals surface area contributed by atoms with Crippen molar-refractivity contribution in [3.63, 3.8) is 0 Å². The zero-order valence-electron chi connectivity index (χ0n) is 20.5. The number of ether oxygens (including phenoxy) is 1. The number of nitrogens with zero attached hydrogens (tertiary/aromatic N) is 2. The van der Waals surface area contributed by atoms with Crippen molar-refractivity contribution in [1.82, 2.24) is 4.90 Å². The van der Waals surface area contributed by atoms with Gasteiger partial charge in [-0.25, -0.2) is 14.2 Å². The number of amidine groups is 1. The number of carbonyl (C=O) groups excluding carboxylic acids is 3. The minimum absolute atomic E-state index is 0.0148. The Morgan fingerprint density at radius 2 is 1.76 bits per heavy atom. The molecule has 0 aliphatic carbocycles. The van der Waals surface area contributed by atoms with Crippen molar-refractivity contribution in [3.05, 3.63) is 94.8 Å². The Bertz CT molecular complexity index is 1330. The first-order valence-electron chi connectivity index (χ1n) is 12.0. The number of rotatable bonds is 8. The zero-order chi connectivity index (χ0) is 27.1. The highest BCUT2D eigenvalue weighted by atomic mass is 35.5. The Labute approximate surface area is 229 Å². The van der Waals surface area contributed by atoms with Gasteiger partial charge in [-0.15, -0.1) is 0 Å². The molecule has 1 aliphatic heterocycles.